The molecule has 0 aliphatic rings. The number of nitrogens with one attached hydrogen (secondary N) is 1. The highest BCUT2D eigenvalue weighted by Gasteiger charge is 2.07. The number of hydrogen-bond acceptors (Lipinski definition) is 5. The molecular weight excluding hydrogens is 258 g/mol. The lowest BCUT2D eigenvalue weighted by molar-refractivity contribution is -0.384. The van der Waals surface area contributed by atoms with Crippen molar-refractivity contribution >= 4 is 17.0 Å². The number of anilines is 1. The van der Waals surface area contributed by atoms with Crippen molar-refractivity contribution in [2.24, 2.45) is 0 Å². The molecule has 0 spiro atoms. The first-order chi connectivity index (χ1) is 9.74. The zero-order valence-corrected chi connectivity index (χ0v) is 10.4. The Labute approximate surface area is 114 Å². The second kappa shape index (κ2) is 4.96. The third kappa shape index (κ3) is 2.28. The number of non-ortho nitro benzene ring substituents is 1. The molecule has 0 saturated carbocycles. The van der Waals surface area contributed by atoms with Gasteiger partial charge in [0.25, 0.3) is 5.69 Å². The van der Waals surface area contributed by atoms with Crippen LogP contribution in [0.2, 0.25) is 0 Å². The van der Waals surface area contributed by atoms with Crippen molar-refractivity contribution in [3.05, 3.63) is 64.6 Å². The van der Waals surface area contributed by atoms with Gasteiger partial charge in [0.1, 0.15) is 5.52 Å². The van der Waals surface area contributed by atoms with Gasteiger partial charge in [0.05, 0.1) is 11.1 Å². The minimum absolute atomic E-state index is 0.0832. The van der Waals surface area contributed by atoms with E-state index in [0.29, 0.717) is 12.4 Å². The molecule has 0 atom stereocenters. The van der Waals surface area contributed by atoms with E-state index in [1.807, 2.05) is 12.1 Å². The Morgan fingerprint density at radius 3 is 3.05 bits per heavy atom. The summed E-state index contributed by atoms with van der Waals surface area (Å²) in [5.74, 6) is 0.691. The van der Waals surface area contributed by atoms with Crippen LogP contribution in [-0.4, -0.2) is 19.5 Å². The molecule has 3 rings (SSSR count). The first kappa shape index (κ1) is 12.1. The lowest BCUT2D eigenvalue weighted by Crippen LogP contribution is -2.03. The highest BCUT2D eigenvalue weighted by molar-refractivity contribution is 5.66. The molecule has 2 aromatic heterocycles. The predicted molar refractivity (Wildman–Crippen MR) is 73.4 cm³/mol. The van der Waals surface area contributed by atoms with Gasteiger partial charge in [0, 0.05) is 31.1 Å². The van der Waals surface area contributed by atoms with Crippen molar-refractivity contribution in [1.29, 1.82) is 0 Å². The van der Waals surface area contributed by atoms with Crippen LogP contribution in [0.25, 0.3) is 5.52 Å². The van der Waals surface area contributed by atoms with Gasteiger partial charge in [0.2, 0.25) is 0 Å². The predicted octanol–water partition coefficient (Wildman–Crippen LogP) is 2.25. The molecule has 0 amide bonds. The molecule has 1 aromatic carbocycles. The summed E-state index contributed by atoms with van der Waals surface area (Å²) in [6.07, 6.45) is 5.10. The maximum atomic E-state index is 10.7. The molecule has 0 fully saturated rings. The zero-order valence-electron chi connectivity index (χ0n) is 10.4. The van der Waals surface area contributed by atoms with Crippen LogP contribution in [0.4, 0.5) is 11.5 Å². The Kier molecular flexibility index (Phi) is 3.00. The van der Waals surface area contributed by atoms with Crippen molar-refractivity contribution in [2.45, 2.75) is 6.54 Å². The molecule has 1 N–H and O–H groups in total. The van der Waals surface area contributed by atoms with Crippen LogP contribution in [0, 0.1) is 10.1 Å². The SMILES string of the molecule is O=[N+]([O-])c1cccc(CNc2nccn3nccc23)c1. The summed E-state index contributed by atoms with van der Waals surface area (Å²) < 4.78 is 1.71. The quantitative estimate of drug-likeness (QED) is 0.580. The molecule has 0 aliphatic heterocycles. The largest absolute Gasteiger partial charge is 0.364 e. The standard InChI is InChI=1S/C13H11N5O2/c19-18(20)11-3-1-2-10(8-11)9-15-13-12-4-5-16-17(12)7-6-14-13/h1-8H,9H2,(H,14,15). The van der Waals surface area contributed by atoms with E-state index in [4.69, 9.17) is 0 Å². The molecule has 0 bridgehead atoms. The first-order valence-corrected chi connectivity index (χ1v) is 5.99. The second-order valence-corrected chi connectivity index (χ2v) is 4.22. The summed E-state index contributed by atoms with van der Waals surface area (Å²) in [7, 11) is 0. The summed E-state index contributed by atoms with van der Waals surface area (Å²) in [6, 6.07) is 8.37. The molecule has 0 aliphatic carbocycles. The van der Waals surface area contributed by atoms with E-state index in [0.717, 1.165) is 11.1 Å². The Hall–Kier alpha value is -2.96. The van der Waals surface area contributed by atoms with Crippen LogP contribution in [-0.2, 0) is 6.54 Å². The monoisotopic (exact) mass is 269 g/mol. The third-order valence-electron chi connectivity index (χ3n) is 2.91. The average Bonchev–Trinajstić information content (AvgIpc) is 2.94. The normalized spacial score (nSPS) is 10.6. The summed E-state index contributed by atoms with van der Waals surface area (Å²) in [5.41, 5.74) is 1.76. The summed E-state index contributed by atoms with van der Waals surface area (Å²) in [5, 5.41) is 18.0. The van der Waals surface area contributed by atoms with Crippen LogP contribution in [0.15, 0.2) is 48.9 Å². The lowest BCUT2D eigenvalue weighted by atomic mass is 10.2. The molecule has 20 heavy (non-hydrogen) atoms. The van der Waals surface area contributed by atoms with Crippen molar-refractivity contribution in [2.75, 3.05) is 5.32 Å². The van der Waals surface area contributed by atoms with E-state index in [9.17, 15) is 10.1 Å². The van der Waals surface area contributed by atoms with E-state index in [1.165, 1.54) is 6.07 Å². The maximum absolute atomic E-state index is 10.7. The third-order valence-corrected chi connectivity index (χ3v) is 2.91. The Morgan fingerprint density at radius 2 is 2.20 bits per heavy atom. The molecule has 0 saturated heterocycles. The highest BCUT2D eigenvalue weighted by atomic mass is 16.6. The average molecular weight is 269 g/mol. The van der Waals surface area contributed by atoms with E-state index in [2.05, 4.69) is 15.4 Å². The zero-order chi connectivity index (χ0) is 13.9. The van der Waals surface area contributed by atoms with E-state index >= 15 is 0 Å². The Bertz CT molecular complexity index is 768. The minimum Gasteiger partial charge on any atom is -0.364 e. The van der Waals surface area contributed by atoms with Gasteiger partial charge in [-0.25, -0.2) is 9.50 Å². The van der Waals surface area contributed by atoms with Gasteiger partial charge in [-0.3, -0.25) is 10.1 Å². The summed E-state index contributed by atoms with van der Waals surface area (Å²) in [6.45, 7) is 0.458. The number of aromatic nitrogens is 3. The van der Waals surface area contributed by atoms with Crippen LogP contribution in [0.3, 0.4) is 0 Å². The van der Waals surface area contributed by atoms with Crippen LogP contribution < -0.4 is 5.32 Å². The second-order valence-electron chi connectivity index (χ2n) is 4.22. The van der Waals surface area contributed by atoms with Crippen LogP contribution in [0.1, 0.15) is 5.56 Å². The summed E-state index contributed by atoms with van der Waals surface area (Å²) in [4.78, 5) is 14.6. The maximum Gasteiger partial charge on any atom is 0.269 e. The fourth-order valence-corrected chi connectivity index (χ4v) is 1.96. The number of nitrogens with zero attached hydrogens (tertiary/aromatic N) is 4. The molecule has 3 aromatic rings. The van der Waals surface area contributed by atoms with Crippen molar-refractivity contribution in [3.8, 4) is 0 Å². The summed E-state index contributed by atoms with van der Waals surface area (Å²) >= 11 is 0. The topological polar surface area (TPSA) is 85.4 Å². The van der Waals surface area contributed by atoms with E-state index in [-0.39, 0.29) is 5.69 Å². The van der Waals surface area contributed by atoms with Gasteiger partial charge >= 0.3 is 0 Å². The van der Waals surface area contributed by atoms with Gasteiger partial charge in [-0.05, 0) is 11.6 Å². The van der Waals surface area contributed by atoms with E-state index < -0.39 is 4.92 Å². The van der Waals surface area contributed by atoms with E-state index in [1.54, 1.807) is 35.2 Å². The number of fused-ring (bicyclic) bond motifs is 1. The molecule has 2 heterocycles. The molecular formula is C13H11N5O2. The fourth-order valence-electron chi connectivity index (χ4n) is 1.96. The molecule has 0 unspecified atom stereocenters. The minimum atomic E-state index is -0.403. The fraction of sp³-hybridized carbons (Fsp3) is 0.0769. The van der Waals surface area contributed by atoms with Gasteiger partial charge in [-0.1, -0.05) is 12.1 Å². The Morgan fingerprint density at radius 1 is 1.30 bits per heavy atom. The Balaban J connectivity index is 1.81. The van der Waals surface area contributed by atoms with Gasteiger partial charge in [-0.15, -0.1) is 0 Å². The molecule has 100 valence electrons. The van der Waals surface area contributed by atoms with Crippen LogP contribution >= 0.6 is 0 Å². The number of nitro groups is 1. The first-order valence-electron chi connectivity index (χ1n) is 5.99. The highest BCUT2D eigenvalue weighted by Crippen LogP contribution is 2.16. The van der Waals surface area contributed by atoms with Crippen molar-refractivity contribution in [3.63, 3.8) is 0 Å². The van der Waals surface area contributed by atoms with Crippen molar-refractivity contribution < 1.29 is 4.92 Å². The van der Waals surface area contributed by atoms with Gasteiger partial charge in [0.15, 0.2) is 5.82 Å². The molecule has 7 nitrogen and oxygen atoms in total. The smallest absolute Gasteiger partial charge is 0.269 e. The lowest BCUT2D eigenvalue weighted by Gasteiger charge is -2.06. The van der Waals surface area contributed by atoms with Gasteiger partial charge < -0.3 is 5.32 Å². The molecule has 0 radical (unpaired) electrons. The van der Waals surface area contributed by atoms with Crippen LogP contribution in [0.5, 0.6) is 0 Å². The van der Waals surface area contributed by atoms with Gasteiger partial charge in [-0.2, -0.15) is 5.10 Å². The number of benzene rings is 1. The molecule has 7 heteroatoms. The number of rotatable bonds is 4. The number of nitro benzene ring substituents is 1. The number of hydrogen-bond donors (Lipinski definition) is 1. The van der Waals surface area contributed by atoms with Crippen molar-refractivity contribution in [1.82, 2.24) is 14.6 Å².